The molecule has 0 aliphatic rings. The first-order valence-electron chi connectivity index (χ1n) is 4.79. The number of benzene rings is 1. The van der Waals surface area contributed by atoms with Gasteiger partial charge < -0.3 is 0 Å². The van der Waals surface area contributed by atoms with Gasteiger partial charge in [0, 0.05) is 6.07 Å². The summed E-state index contributed by atoms with van der Waals surface area (Å²) < 4.78 is 37.1. The van der Waals surface area contributed by atoms with Crippen LogP contribution >= 0.6 is 11.3 Å². The topological polar surface area (TPSA) is 43.1 Å². The molecule has 0 spiro atoms. The molecule has 0 saturated carbocycles. The van der Waals surface area contributed by atoms with Crippen molar-refractivity contribution in [2.45, 2.75) is 6.18 Å². The van der Waals surface area contributed by atoms with Crippen LogP contribution in [0.4, 0.5) is 18.9 Å². The Balaban J connectivity index is 2.41. The highest BCUT2D eigenvalue weighted by Gasteiger charge is 2.30. The smallest absolute Gasteiger partial charge is 0.258 e. The maximum Gasteiger partial charge on any atom is 0.416 e. The molecule has 1 heterocycles. The average Bonchev–Trinajstić information content (AvgIpc) is 2.77. The van der Waals surface area contributed by atoms with Gasteiger partial charge >= 0.3 is 6.18 Å². The van der Waals surface area contributed by atoms with Gasteiger partial charge in [0.1, 0.15) is 4.88 Å². The number of hydrogen-bond donors (Lipinski definition) is 0. The Morgan fingerprint density at radius 2 is 1.72 bits per heavy atom. The third-order valence-corrected chi connectivity index (χ3v) is 3.27. The molecule has 94 valence electrons. The van der Waals surface area contributed by atoms with E-state index in [4.69, 9.17) is 0 Å². The van der Waals surface area contributed by atoms with Gasteiger partial charge in [-0.15, -0.1) is 11.3 Å². The van der Waals surface area contributed by atoms with Gasteiger partial charge in [-0.1, -0.05) is 12.1 Å². The second kappa shape index (κ2) is 4.41. The Labute approximate surface area is 104 Å². The molecule has 0 amide bonds. The van der Waals surface area contributed by atoms with Gasteiger partial charge in [0.2, 0.25) is 0 Å². The van der Waals surface area contributed by atoms with Crippen LogP contribution in [0.2, 0.25) is 0 Å². The van der Waals surface area contributed by atoms with Gasteiger partial charge in [-0.05, 0) is 23.1 Å². The number of thiophene rings is 1. The summed E-state index contributed by atoms with van der Waals surface area (Å²) in [5, 5.41) is 12.2. The quantitative estimate of drug-likeness (QED) is 0.603. The van der Waals surface area contributed by atoms with E-state index in [1.807, 2.05) is 0 Å². The molecule has 0 atom stereocenters. The van der Waals surface area contributed by atoms with Crippen LogP contribution in [0, 0.1) is 10.1 Å². The number of rotatable bonds is 2. The lowest BCUT2D eigenvalue weighted by atomic mass is 10.1. The monoisotopic (exact) mass is 273 g/mol. The van der Waals surface area contributed by atoms with E-state index in [0.717, 1.165) is 23.5 Å². The predicted octanol–water partition coefficient (Wildman–Crippen LogP) is 4.34. The Morgan fingerprint density at radius 3 is 2.22 bits per heavy atom. The van der Waals surface area contributed by atoms with E-state index < -0.39 is 16.7 Å². The fourth-order valence-electron chi connectivity index (χ4n) is 1.47. The molecule has 3 nitrogen and oxygen atoms in total. The summed E-state index contributed by atoms with van der Waals surface area (Å²) in [4.78, 5) is 10.5. The molecule has 0 fully saturated rings. The third kappa shape index (κ3) is 2.35. The van der Waals surface area contributed by atoms with Crippen molar-refractivity contribution in [1.29, 1.82) is 0 Å². The Morgan fingerprint density at radius 1 is 1.11 bits per heavy atom. The average molecular weight is 273 g/mol. The van der Waals surface area contributed by atoms with Gasteiger partial charge in [-0.25, -0.2) is 0 Å². The molecule has 0 aliphatic carbocycles. The first kappa shape index (κ1) is 12.6. The number of hydrogen-bond acceptors (Lipinski definition) is 3. The van der Waals surface area contributed by atoms with Crippen LogP contribution in [0.3, 0.4) is 0 Å². The van der Waals surface area contributed by atoms with Crippen LogP contribution in [-0.2, 0) is 6.18 Å². The molecular weight excluding hydrogens is 267 g/mol. The zero-order chi connectivity index (χ0) is 13.3. The summed E-state index contributed by atoms with van der Waals surface area (Å²) in [7, 11) is 0. The molecule has 0 radical (unpaired) electrons. The van der Waals surface area contributed by atoms with Gasteiger partial charge in [0.25, 0.3) is 5.69 Å². The minimum atomic E-state index is -4.40. The standard InChI is InChI=1S/C11H6F3NO2S/c12-11(13,14)8-3-1-7(2-4-8)10-9(15(16)17)5-6-18-10/h1-6H. The van der Waals surface area contributed by atoms with Gasteiger partial charge in [0.05, 0.1) is 10.5 Å². The van der Waals surface area contributed by atoms with Gasteiger partial charge in [-0.3, -0.25) is 10.1 Å². The predicted molar refractivity (Wildman–Crippen MR) is 61.4 cm³/mol. The molecule has 0 N–H and O–H groups in total. The molecule has 18 heavy (non-hydrogen) atoms. The van der Waals surface area contributed by atoms with E-state index in [0.29, 0.717) is 10.4 Å². The van der Waals surface area contributed by atoms with Crippen molar-refractivity contribution >= 4 is 17.0 Å². The molecule has 7 heteroatoms. The lowest BCUT2D eigenvalue weighted by Crippen LogP contribution is -2.03. The lowest BCUT2D eigenvalue weighted by molar-refractivity contribution is -0.383. The number of alkyl halides is 3. The molecule has 0 bridgehead atoms. The first-order valence-corrected chi connectivity index (χ1v) is 5.67. The molecule has 1 aromatic heterocycles. The van der Waals surface area contributed by atoms with Crippen molar-refractivity contribution in [2.75, 3.05) is 0 Å². The van der Waals surface area contributed by atoms with Crippen molar-refractivity contribution in [3.63, 3.8) is 0 Å². The van der Waals surface area contributed by atoms with Crippen molar-refractivity contribution in [3.8, 4) is 10.4 Å². The van der Waals surface area contributed by atoms with Crippen LogP contribution in [0.15, 0.2) is 35.7 Å². The fourth-order valence-corrected chi connectivity index (χ4v) is 2.34. The first-order chi connectivity index (χ1) is 8.39. The maximum absolute atomic E-state index is 12.4. The second-order valence-electron chi connectivity index (χ2n) is 3.47. The van der Waals surface area contributed by atoms with E-state index in [1.54, 1.807) is 0 Å². The van der Waals surface area contributed by atoms with E-state index in [9.17, 15) is 23.3 Å². The van der Waals surface area contributed by atoms with Gasteiger partial charge in [-0.2, -0.15) is 13.2 Å². The van der Waals surface area contributed by atoms with Crippen molar-refractivity contribution in [1.82, 2.24) is 0 Å². The summed E-state index contributed by atoms with van der Waals surface area (Å²) in [5.41, 5.74) is -0.463. The van der Waals surface area contributed by atoms with Crippen LogP contribution in [-0.4, -0.2) is 4.92 Å². The maximum atomic E-state index is 12.4. The molecule has 0 aliphatic heterocycles. The Bertz CT molecular complexity index is 575. The minimum absolute atomic E-state index is 0.0974. The molecule has 2 aromatic rings. The van der Waals surface area contributed by atoms with Crippen molar-refractivity contribution < 1.29 is 18.1 Å². The van der Waals surface area contributed by atoms with Gasteiger partial charge in [0.15, 0.2) is 0 Å². The molecule has 0 unspecified atom stereocenters. The largest absolute Gasteiger partial charge is 0.416 e. The molecule has 2 rings (SSSR count). The van der Waals surface area contributed by atoms with Crippen LogP contribution in [0.5, 0.6) is 0 Å². The normalized spacial score (nSPS) is 11.5. The number of nitro groups is 1. The fraction of sp³-hybridized carbons (Fsp3) is 0.0909. The minimum Gasteiger partial charge on any atom is -0.258 e. The Hall–Kier alpha value is -1.89. The summed E-state index contributed by atoms with van der Waals surface area (Å²) in [6.45, 7) is 0. The van der Waals surface area contributed by atoms with E-state index >= 15 is 0 Å². The summed E-state index contributed by atoms with van der Waals surface area (Å²) in [5.74, 6) is 0. The summed E-state index contributed by atoms with van der Waals surface area (Å²) in [6, 6.07) is 5.64. The highest BCUT2D eigenvalue weighted by molar-refractivity contribution is 7.14. The van der Waals surface area contributed by atoms with Crippen molar-refractivity contribution in [2.24, 2.45) is 0 Å². The van der Waals surface area contributed by atoms with Crippen molar-refractivity contribution in [3.05, 3.63) is 51.4 Å². The molecule has 1 aromatic carbocycles. The summed E-state index contributed by atoms with van der Waals surface area (Å²) in [6.07, 6.45) is -4.40. The number of halogens is 3. The second-order valence-corrected chi connectivity index (χ2v) is 4.38. The zero-order valence-corrected chi connectivity index (χ0v) is 9.59. The summed E-state index contributed by atoms with van der Waals surface area (Å²) >= 11 is 1.12. The van der Waals surface area contributed by atoms with E-state index in [1.165, 1.54) is 23.6 Å². The third-order valence-electron chi connectivity index (χ3n) is 2.32. The van der Waals surface area contributed by atoms with E-state index in [-0.39, 0.29) is 5.69 Å². The molecular formula is C11H6F3NO2S. The Kier molecular flexibility index (Phi) is 3.08. The zero-order valence-electron chi connectivity index (χ0n) is 8.77. The van der Waals surface area contributed by atoms with Crippen LogP contribution < -0.4 is 0 Å². The highest BCUT2D eigenvalue weighted by atomic mass is 32.1. The van der Waals surface area contributed by atoms with Crippen LogP contribution in [0.25, 0.3) is 10.4 Å². The van der Waals surface area contributed by atoms with Crippen LogP contribution in [0.1, 0.15) is 5.56 Å². The van der Waals surface area contributed by atoms with E-state index in [2.05, 4.69) is 0 Å². The molecule has 0 saturated heterocycles. The SMILES string of the molecule is O=[N+]([O-])c1ccsc1-c1ccc(C(F)(F)F)cc1. The number of nitrogens with zero attached hydrogens (tertiary/aromatic N) is 1. The highest BCUT2D eigenvalue weighted by Crippen LogP contribution is 2.37. The lowest BCUT2D eigenvalue weighted by Gasteiger charge is -2.06.